The van der Waals surface area contributed by atoms with Crippen LogP contribution in [0.4, 0.5) is 10.6 Å². The highest BCUT2D eigenvalue weighted by molar-refractivity contribution is 6.42. The number of hydrogen-bond acceptors (Lipinski definition) is 8. The molecule has 1 atom stereocenters. The number of benzene rings is 1. The number of carbonyl (C=O) groups excluding carboxylic acids is 1. The van der Waals surface area contributed by atoms with Crippen LogP contribution in [0.2, 0.25) is 10.0 Å². The SMILES string of the molecule is CC(C)OC(=O)OCOc1c(C(Nc2ccccn2)c2cncc(Cl)c2Cl)ccc2cccnc12. The molecule has 8 nitrogen and oxygen atoms in total. The summed E-state index contributed by atoms with van der Waals surface area (Å²) in [6, 6.07) is 12.4. The number of rotatable bonds is 8. The van der Waals surface area contributed by atoms with Gasteiger partial charge in [-0.25, -0.2) is 9.78 Å². The summed E-state index contributed by atoms with van der Waals surface area (Å²) in [5, 5.41) is 4.85. The number of halogens is 2. The van der Waals surface area contributed by atoms with Crippen LogP contribution in [0.1, 0.15) is 31.0 Å². The molecule has 0 radical (unpaired) electrons. The second kappa shape index (κ2) is 11.2. The van der Waals surface area contributed by atoms with Crippen LogP contribution in [-0.4, -0.2) is 34.0 Å². The molecule has 0 spiro atoms. The maximum atomic E-state index is 11.9. The Bertz CT molecular complexity index is 1320. The quantitative estimate of drug-likeness (QED) is 0.213. The van der Waals surface area contributed by atoms with E-state index in [0.29, 0.717) is 38.3 Å². The van der Waals surface area contributed by atoms with Gasteiger partial charge in [-0.05, 0) is 32.0 Å². The van der Waals surface area contributed by atoms with Crippen molar-refractivity contribution >= 4 is 46.1 Å². The summed E-state index contributed by atoms with van der Waals surface area (Å²) < 4.78 is 16.1. The largest absolute Gasteiger partial charge is 0.511 e. The van der Waals surface area contributed by atoms with Gasteiger partial charge in [-0.15, -0.1) is 0 Å². The number of nitrogens with one attached hydrogen (secondary N) is 1. The van der Waals surface area contributed by atoms with E-state index in [1.54, 1.807) is 32.4 Å². The Hall–Kier alpha value is -3.62. The molecule has 0 amide bonds. The Morgan fingerprint density at radius 3 is 2.60 bits per heavy atom. The highest BCUT2D eigenvalue weighted by Crippen LogP contribution is 2.40. The Morgan fingerprint density at radius 2 is 1.83 bits per heavy atom. The third-order valence-electron chi connectivity index (χ3n) is 4.91. The van der Waals surface area contributed by atoms with Crippen molar-refractivity contribution in [3.05, 3.63) is 88.4 Å². The molecular formula is C25H22Cl2N4O4. The van der Waals surface area contributed by atoms with E-state index in [1.807, 2.05) is 42.5 Å². The summed E-state index contributed by atoms with van der Waals surface area (Å²) in [5.74, 6) is 0.988. The molecule has 1 aromatic carbocycles. The fourth-order valence-electron chi connectivity index (χ4n) is 3.43. The molecule has 35 heavy (non-hydrogen) atoms. The first-order valence-corrected chi connectivity index (χ1v) is 11.5. The zero-order valence-electron chi connectivity index (χ0n) is 18.9. The second-order valence-electron chi connectivity index (χ2n) is 7.70. The van der Waals surface area contributed by atoms with E-state index in [2.05, 4.69) is 20.3 Å². The molecule has 0 aliphatic rings. The predicted octanol–water partition coefficient (Wildman–Crippen LogP) is 6.43. The first-order chi connectivity index (χ1) is 16.9. The summed E-state index contributed by atoms with van der Waals surface area (Å²) in [6.45, 7) is 3.07. The molecule has 1 N–H and O–H groups in total. The third-order valence-corrected chi connectivity index (χ3v) is 5.72. The highest BCUT2D eigenvalue weighted by atomic mass is 35.5. The van der Waals surface area contributed by atoms with Crippen LogP contribution >= 0.6 is 23.2 Å². The lowest BCUT2D eigenvalue weighted by atomic mass is 9.97. The number of aromatic nitrogens is 3. The minimum atomic E-state index is -0.833. The van der Waals surface area contributed by atoms with E-state index in [4.69, 9.17) is 37.4 Å². The molecule has 0 fully saturated rings. The number of nitrogens with zero attached hydrogens (tertiary/aromatic N) is 3. The van der Waals surface area contributed by atoms with Gasteiger partial charge in [0.25, 0.3) is 0 Å². The van der Waals surface area contributed by atoms with Gasteiger partial charge in [0, 0.05) is 41.3 Å². The number of carbonyl (C=O) groups is 1. The van der Waals surface area contributed by atoms with E-state index in [0.717, 1.165) is 5.39 Å². The molecule has 0 aliphatic carbocycles. The number of anilines is 1. The van der Waals surface area contributed by atoms with Crippen LogP contribution in [0.15, 0.2) is 67.3 Å². The van der Waals surface area contributed by atoms with Crippen molar-refractivity contribution in [1.29, 1.82) is 0 Å². The average Bonchev–Trinajstić information content (AvgIpc) is 2.85. The van der Waals surface area contributed by atoms with Gasteiger partial charge in [-0.1, -0.05) is 47.5 Å². The Labute approximate surface area is 212 Å². The summed E-state index contributed by atoms with van der Waals surface area (Å²) in [5.41, 5.74) is 1.84. The van der Waals surface area contributed by atoms with Gasteiger partial charge < -0.3 is 19.5 Å². The van der Waals surface area contributed by atoms with Gasteiger partial charge in [-0.3, -0.25) is 9.97 Å². The van der Waals surface area contributed by atoms with Gasteiger partial charge >= 0.3 is 6.16 Å². The van der Waals surface area contributed by atoms with E-state index in [1.165, 1.54) is 6.20 Å². The van der Waals surface area contributed by atoms with Gasteiger partial charge in [-0.2, -0.15) is 0 Å². The van der Waals surface area contributed by atoms with Gasteiger partial charge in [0.15, 0.2) is 5.75 Å². The highest BCUT2D eigenvalue weighted by Gasteiger charge is 2.25. The Balaban J connectivity index is 1.79. The standard InChI is InChI=1S/C25H22Cl2N4O4/c1-15(2)35-25(32)34-14-33-24-17(9-8-16-6-5-11-30-22(16)24)23(31-20-7-3-4-10-29-20)18-12-28-13-19(26)21(18)27/h3-13,15,23H,14H2,1-2H3,(H,29,31). The minimum Gasteiger partial charge on any atom is -0.455 e. The summed E-state index contributed by atoms with van der Waals surface area (Å²) in [6.07, 6.45) is 5.27. The van der Waals surface area contributed by atoms with Crippen LogP contribution in [0.3, 0.4) is 0 Å². The molecule has 3 heterocycles. The van der Waals surface area contributed by atoms with Crippen molar-refractivity contribution < 1.29 is 19.0 Å². The first kappa shape index (κ1) is 24.5. The number of fused-ring (bicyclic) bond motifs is 1. The molecular weight excluding hydrogens is 491 g/mol. The third kappa shape index (κ3) is 5.90. The number of pyridine rings is 3. The zero-order chi connectivity index (χ0) is 24.8. The second-order valence-corrected chi connectivity index (χ2v) is 8.48. The first-order valence-electron chi connectivity index (χ1n) is 10.7. The maximum Gasteiger partial charge on any atom is 0.511 e. The fourth-order valence-corrected chi connectivity index (χ4v) is 3.80. The normalized spacial score (nSPS) is 11.8. The van der Waals surface area contributed by atoms with Crippen LogP contribution in [-0.2, 0) is 9.47 Å². The fraction of sp³-hybridized carbons (Fsp3) is 0.200. The van der Waals surface area contributed by atoms with Gasteiger partial charge in [0.1, 0.15) is 11.3 Å². The van der Waals surface area contributed by atoms with Crippen LogP contribution < -0.4 is 10.1 Å². The average molecular weight is 513 g/mol. The monoisotopic (exact) mass is 512 g/mol. The molecule has 0 saturated carbocycles. The number of hydrogen-bond donors (Lipinski definition) is 1. The van der Waals surface area contributed by atoms with Crippen molar-refractivity contribution in [2.75, 3.05) is 12.1 Å². The summed E-state index contributed by atoms with van der Waals surface area (Å²) in [4.78, 5) is 25.0. The maximum absolute atomic E-state index is 11.9. The van der Waals surface area contributed by atoms with Crippen molar-refractivity contribution in [3.63, 3.8) is 0 Å². The van der Waals surface area contributed by atoms with Gasteiger partial charge in [0.05, 0.1) is 22.2 Å². The van der Waals surface area contributed by atoms with E-state index in [9.17, 15) is 4.79 Å². The van der Waals surface area contributed by atoms with E-state index >= 15 is 0 Å². The predicted molar refractivity (Wildman–Crippen MR) is 134 cm³/mol. The van der Waals surface area contributed by atoms with E-state index < -0.39 is 12.2 Å². The molecule has 4 aromatic rings. The Kier molecular flexibility index (Phi) is 7.84. The molecule has 10 heteroatoms. The summed E-state index contributed by atoms with van der Waals surface area (Å²) >= 11 is 12.9. The lowest BCUT2D eigenvalue weighted by Gasteiger charge is -2.24. The lowest BCUT2D eigenvalue weighted by molar-refractivity contribution is -0.00807. The van der Waals surface area contributed by atoms with Crippen molar-refractivity contribution in [1.82, 2.24) is 15.0 Å². The van der Waals surface area contributed by atoms with Crippen LogP contribution in [0, 0.1) is 0 Å². The molecule has 0 saturated heterocycles. The lowest BCUT2D eigenvalue weighted by Crippen LogP contribution is -2.18. The van der Waals surface area contributed by atoms with Crippen LogP contribution in [0.5, 0.6) is 5.75 Å². The number of ether oxygens (including phenoxy) is 3. The molecule has 0 aliphatic heterocycles. The molecule has 3 aromatic heterocycles. The van der Waals surface area contributed by atoms with Crippen molar-refractivity contribution in [2.45, 2.75) is 26.0 Å². The van der Waals surface area contributed by atoms with E-state index in [-0.39, 0.29) is 12.9 Å². The van der Waals surface area contributed by atoms with Gasteiger partial charge in [0.2, 0.25) is 6.79 Å². The van der Waals surface area contributed by atoms with Crippen molar-refractivity contribution in [3.8, 4) is 5.75 Å². The molecule has 1 unspecified atom stereocenters. The smallest absolute Gasteiger partial charge is 0.455 e. The zero-order valence-corrected chi connectivity index (χ0v) is 20.5. The topological polar surface area (TPSA) is 95.5 Å². The molecule has 0 bridgehead atoms. The Morgan fingerprint density at radius 1 is 1.00 bits per heavy atom. The van der Waals surface area contributed by atoms with Crippen LogP contribution in [0.25, 0.3) is 10.9 Å². The molecule has 180 valence electrons. The van der Waals surface area contributed by atoms with Crippen molar-refractivity contribution in [2.24, 2.45) is 0 Å². The summed E-state index contributed by atoms with van der Waals surface area (Å²) in [7, 11) is 0. The minimum absolute atomic E-state index is 0.304. The molecule has 4 rings (SSSR count).